The largest absolute Gasteiger partial charge is 0.396 e. The first-order valence-electron chi connectivity index (χ1n) is 12.2. The number of sulfone groups is 1. The van der Waals surface area contributed by atoms with Crippen LogP contribution in [0.1, 0.15) is 29.8 Å². The molecule has 11 heteroatoms. The Hall–Kier alpha value is -4.09. The number of carbonyl (C=O) groups is 1. The number of anilines is 1. The van der Waals surface area contributed by atoms with Gasteiger partial charge in [0.05, 0.1) is 28.0 Å². The number of unbranched alkanes of at least 4 members (excludes halogenated alkanes) is 1. The lowest BCUT2D eigenvalue weighted by Crippen LogP contribution is -2.31. The minimum absolute atomic E-state index is 0.0665. The van der Waals surface area contributed by atoms with Gasteiger partial charge < -0.3 is 14.5 Å². The molecule has 1 amide bonds. The minimum Gasteiger partial charge on any atom is -0.396 e. The maximum Gasteiger partial charge on any atom is 0.282 e. The van der Waals surface area contributed by atoms with E-state index in [1.54, 1.807) is 35.4 Å². The predicted molar refractivity (Wildman–Crippen MR) is 142 cm³/mol. The highest BCUT2D eigenvalue weighted by Crippen LogP contribution is 2.29. The van der Waals surface area contributed by atoms with Crippen LogP contribution in [0.5, 0.6) is 0 Å². The number of carbonyl (C=O) groups excluding carboxylic acids is 1. The van der Waals surface area contributed by atoms with Gasteiger partial charge in [-0.25, -0.2) is 18.4 Å². The molecule has 1 N–H and O–H groups in total. The fraction of sp³-hybridized carbons (Fsp3) is 0.259. The van der Waals surface area contributed by atoms with E-state index in [4.69, 9.17) is 9.82 Å². The van der Waals surface area contributed by atoms with E-state index in [9.17, 15) is 18.3 Å². The second kappa shape index (κ2) is 10.7. The number of hydrogen-bond acceptors (Lipinski definition) is 8. The molecule has 1 aliphatic heterocycles. The summed E-state index contributed by atoms with van der Waals surface area (Å²) in [5.41, 5.74) is 3.22. The zero-order valence-electron chi connectivity index (χ0n) is 20.8. The molecule has 38 heavy (non-hydrogen) atoms. The van der Waals surface area contributed by atoms with E-state index >= 15 is 0 Å². The van der Waals surface area contributed by atoms with Gasteiger partial charge in [0.1, 0.15) is 18.2 Å². The van der Waals surface area contributed by atoms with Crippen molar-refractivity contribution in [3.05, 3.63) is 83.8 Å². The topological polar surface area (TPSA) is 127 Å². The molecule has 2 aromatic heterocycles. The second-order valence-electron chi connectivity index (χ2n) is 8.99. The van der Waals surface area contributed by atoms with Crippen LogP contribution in [0.15, 0.2) is 76.9 Å². The van der Waals surface area contributed by atoms with Crippen LogP contribution in [0.2, 0.25) is 0 Å². The number of imidazole rings is 1. The number of amides is 1. The molecule has 0 fully saturated rings. The number of aromatic nitrogens is 3. The lowest BCUT2D eigenvalue weighted by atomic mass is 10.2. The van der Waals surface area contributed by atoms with E-state index in [1.165, 1.54) is 12.1 Å². The molecule has 5 rings (SSSR count). The Kier molecular flexibility index (Phi) is 7.21. The van der Waals surface area contributed by atoms with Crippen molar-refractivity contribution < 1.29 is 23.2 Å². The van der Waals surface area contributed by atoms with E-state index in [-0.39, 0.29) is 36.3 Å². The number of benzene rings is 2. The van der Waals surface area contributed by atoms with E-state index in [2.05, 4.69) is 14.7 Å². The van der Waals surface area contributed by atoms with Crippen LogP contribution >= 0.6 is 0 Å². The number of hydrogen-bond donors (Lipinski definition) is 1. The lowest BCUT2D eigenvalue weighted by molar-refractivity contribution is -0.112. The summed E-state index contributed by atoms with van der Waals surface area (Å²) < 4.78 is 25.4. The molecule has 0 spiro atoms. The summed E-state index contributed by atoms with van der Waals surface area (Å²) in [6.07, 6.45) is 4.22. The Morgan fingerprint density at radius 2 is 1.82 bits per heavy atom. The molecule has 0 unspecified atom stereocenters. The van der Waals surface area contributed by atoms with Crippen LogP contribution in [-0.4, -0.2) is 52.5 Å². The Labute approximate surface area is 220 Å². The molecule has 196 valence electrons. The molecule has 0 saturated carbocycles. The van der Waals surface area contributed by atoms with Crippen molar-refractivity contribution in [2.45, 2.75) is 37.4 Å². The standard InChI is InChI=1S/C27H27N5O5S/c1-38(35,36)20-12-10-19(11-13-20)18-37-30-25-21-7-6-14-28-26(21)32(27(25)34)17-24-29-22-8-2-3-9-23(22)31(24)15-4-5-16-33/h2-3,6-14,33H,4-5,15-18H2,1H3/b30-25+. The summed E-state index contributed by atoms with van der Waals surface area (Å²) in [7, 11) is -3.29. The Bertz CT molecular complexity index is 1610. The predicted octanol–water partition coefficient (Wildman–Crippen LogP) is 3.08. The van der Waals surface area contributed by atoms with Gasteiger partial charge in [-0.1, -0.05) is 29.4 Å². The number of aliphatic hydroxyl groups is 1. The van der Waals surface area contributed by atoms with Crippen LogP contribution in [0, 0.1) is 0 Å². The van der Waals surface area contributed by atoms with Crippen molar-refractivity contribution in [2.24, 2.45) is 5.16 Å². The highest BCUT2D eigenvalue weighted by atomic mass is 32.2. The van der Waals surface area contributed by atoms with Crippen LogP contribution in [-0.2, 0) is 39.2 Å². The van der Waals surface area contributed by atoms with Crippen LogP contribution in [0.4, 0.5) is 5.82 Å². The summed E-state index contributed by atoms with van der Waals surface area (Å²) >= 11 is 0. The molecular weight excluding hydrogens is 506 g/mol. The molecule has 0 bridgehead atoms. The van der Waals surface area contributed by atoms with Crippen LogP contribution < -0.4 is 4.90 Å². The summed E-state index contributed by atoms with van der Waals surface area (Å²) in [4.78, 5) is 30.0. The number of rotatable bonds is 10. The summed E-state index contributed by atoms with van der Waals surface area (Å²) in [5, 5.41) is 13.4. The van der Waals surface area contributed by atoms with Crippen LogP contribution in [0.25, 0.3) is 11.0 Å². The molecule has 4 aromatic rings. The van der Waals surface area contributed by atoms with Gasteiger partial charge in [-0.15, -0.1) is 0 Å². The van der Waals surface area contributed by atoms with Crippen LogP contribution in [0.3, 0.4) is 0 Å². The Morgan fingerprint density at radius 3 is 2.58 bits per heavy atom. The zero-order chi connectivity index (χ0) is 26.7. The summed E-state index contributed by atoms with van der Waals surface area (Å²) in [6.45, 7) is 1.04. The van der Waals surface area contributed by atoms with Gasteiger partial charge in [-0.05, 0) is 54.8 Å². The second-order valence-corrected chi connectivity index (χ2v) is 11.0. The lowest BCUT2D eigenvalue weighted by Gasteiger charge is -2.17. The first kappa shape index (κ1) is 25.6. The molecular formula is C27H27N5O5S. The highest BCUT2D eigenvalue weighted by molar-refractivity contribution is 7.90. The maximum atomic E-state index is 13.5. The Morgan fingerprint density at radius 1 is 1.03 bits per heavy atom. The van der Waals surface area contributed by atoms with Crippen molar-refractivity contribution in [2.75, 3.05) is 17.8 Å². The molecule has 0 aliphatic carbocycles. The molecule has 2 aromatic carbocycles. The van der Waals surface area contributed by atoms with E-state index in [0.29, 0.717) is 35.7 Å². The Balaban J connectivity index is 1.38. The third-order valence-electron chi connectivity index (χ3n) is 6.31. The number of pyridine rings is 1. The number of fused-ring (bicyclic) bond motifs is 2. The molecule has 0 radical (unpaired) electrons. The molecule has 1 aliphatic rings. The first-order chi connectivity index (χ1) is 18.4. The normalized spacial score (nSPS) is 14.4. The van der Waals surface area contributed by atoms with Crippen molar-refractivity contribution >= 4 is 38.3 Å². The van der Waals surface area contributed by atoms with E-state index in [0.717, 1.165) is 23.7 Å². The van der Waals surface area contributed by atoms with Gasteiger partial charge >= 0.3 is 0 Å². The summed E-state index contributed by atoms with van der Waals surface area (Å²) in [6, 6.07) is 17.6. The zero-order valence-corrected chi connectivity index (χ0v) is 21.6. The van der Waals surface area contributed by atoms with Gasteiger partial charge in [0.2, 0.25) is 0 Å². The molecule has 0 saturated heterocycles. The van der Waals surface area contributed by atoms with E-state index < -0.39 is 9.84 Å². The highest BCUT2D eigenvalue weighted by Gasteiger charge is 2.36. The average molecular weight is 534 g/mol. The maximum absolute atomic E-state index is 13.5. The van der Waals surface area contributed by atoms with Gasteiger partial charge in [-0.2, -0.15) is 0 Å². The van der Waals surface area contributed by atoms with Crippen molar-refractivity contribution in [1.82, 2.24) is 14.5 Å². The quantitative estimate of drug-likeness (QED) is 0.245. The number of aryl methyl sites for hydroxylation is 1. The number of aliphatic hydroxyl groups excluding tert-OH is 1. The fourth-order valence-corrected chi connectivity index (χ4v) is 5.02. The van der Waals surface area contributed by atoms with Crippen molar-refractivity contribution in [3.8, 4) is 0 Å². The minimum atomic E-state index is -3.29. The number of oxime groups is 1. The molecule has 3 heterocycles. The van der Waals surface area contributed by atoms with Gasteiger partial charge in [-0.3, -0.25) is 9.69 Å². The third-order valence-corrected chi connectivity index (χ3v) is 7.44. The van der Waals surface area contributed by atoms with Crippen molar-refractivity contribution in [3.63, 3.8) is 0 Å². The van der Waals surface area contributed by atoms with Crippen molar-refractivity contribution in [1.29, 1.82) is 0 Å². The third kappa shape index (κ3) is 5.15. The fourth-order valence-electron chi connectivity index (χ4n) is 4.39. The smallest absolute Gasteiger partial charge is 0.282 e. The first-order valence-corrected chi connectivity index (χ1v) is 14.1. The number of nitrogens with zero attached hydrogens (tertiary/aromatic N) is 5. The monoisotopic (exact) mass is 533 g/mol. The molecule has 0 atom stereocenters. The van der Waals surface area contributed by atoms with Gasteiger partial charge in [0.25, 0.3) is 5.91 Å². The van der Waals surface area contributed by atoms with Gasteiger partial charge in [0.15, 0.2) is 15.5 Å². The van der Waals surface area contributed by atoms with E-state index in [1.807, 2.05) is 24.3 Å². The number of para-hydroxylation sites is 2. The average Bonchev–Trinajstić information content (AvgIpc) is 3.39. The SMILES string of the molecule is CS(=O)(=O)c1ccc(CO/N=C2/C(=O)N(Cc3nc4ccccc4n3CCCCO)c3ncccc32)cc1. The molecule has 10 nitrogen and oxygen atoms in total. The summed E-state index contributed by atoms with van der Waals surface area (Å²) in [5.74, 6) is 0.841. The van der Waals surface area contributed by atoms with Gasteiger partial charge in [0, 0.05) is 25.6 Å².